The van der Waals surface area contributed by atoms with E-state index >= 15 is 0 Å². The molecule has 0 N–H and O–H groups in total. The molecule has 3 aromatic heterocycles. The SMILES string of the molecule is c1cnn2ncc(-c3ccnc(N4CCC4)n3)c2c1. The lowest BCUT2D eigenvalue weighted by molar-refractivity contribution is 0.600. The Kier molecular flexibility index (Phi) is 2.20. The first-order chi connectivity index (χ1) is 9.42. The molecule has 0 saturated carbocycles. The highest BCUT2D eigenvalue weighted by Gasteiger charge is 2.18. The molecule has 6 nitrogen and oxygen atoms in total. The fourth-order valence-corrected chi connectivity index (χ4v) is 2.20. The molecule has 19 heavy (non-hydrogen) atoms. The van der Waals surface area contributed by atoms with Gasteiger partial charge in [-0.25, -0.2) is 9.97 Å². The second-order valence-electron chi connectivity index (χ2n) is 4.54. The van der Waals surface area contributed by atoms with E-state index in [4.69, 9.17) is 0 Å². The summed E-state index contributed by atoms with van der Waals surface area (Å²) >= 11 is 0. The van der Waals surface area contributed by atoms with Crippen LogP contribution in [-0.4, -0.2) is 37.9 Å². The molecule has 1 aliphatic rings. The van der Waals surface area contributed by atoms with E-state index in [1.165, 1.54) is 6.42 Å². The first-order valence-corrected chi connectivity index (χ1v) is 6.29. The van der Waals surface area contributed by atoms with E-state index in [0.29, 0.717) is 0 Å². The maximum absolute atomic E-state index is 4.62. The summed E-state index contributed by atoms with van der Waals surface area (Å²) in [5, 5.41) is 8.40. The van der Waals surface area contributed by atoms with Crippen molar-refractivity contribution in [1.29, 1.82) is 0 Å². The Morgan fingerprint density at radius 1 is 1.05 bits per heavy atom. The normalized spacial score (nSPS) is 14.6. The predicted octanol–water partition coefficient (Wildman–Crippen LogP) is 1.40. The van der Waals surface area contributed by atoms with Crippen molar-refractivity contribution in [3.63, 3.8) is 0 Å². The van der Waals surface area contributed by atoms with Crippen molar-refractivity contribution in [1.82, 2.24) is 24.8 Å². The fraction of sp³-hybridized carbons (Fsp3) is 0.231. The van der Waals surface area contributed by atoms with Gasteiger partial charge in [0.25, 0.3) is 0 Å². The van der Waals surface area contributed by atoms with Crippen LogP contribution >= 0.6 is 0 Å². The molecule has 0 amide bonds. The van der Waals surface area contributed by atoms with E-state index in [9.17, 15) is 0 Å². The zero-order valence-corrected chi connectivity index (χ0v) is 10.3. The highest BCUT2D eigenvalue weighted by atomic mass is 15.4. The van der Waals surface area contributed by atoms with Crippen LogP contribution in [0.15, 0.2) is 36.8 Å². The van der Waals surface area contributed by atoms with E-state index in [0.717, 1.165) is 35.8 Å². The van der Waals surface area contributed by atoms with Gasteiger partial charge in [0.2, 0.25) is 5.95 Å². The number of hydrogen-bond acceptors (Lipinski definition) is 5. The molecule has 0 atom stereocenters. The number of rotatable bonds is 2. The Labute approximate surface area is 109 Å². The Hall–Kier alpha value is -2.50. The van der Waals surface area contributed by atoms with Crippen LogP contribution in [0.4, 0.5) is 5.95 Å². The summed E-state index contributed by atoms with van der Waals surface area (Å²) in [6.45, 7) is 2.08. The first kappa shape index (κ1) is 10.4. The van der Waals surface area contributed by atoms with Gasteiger partial charge in [0.05, 0.1) is 17.4 Å². The van der Waals surface area contributed by atoms with Crippen LogP contribution in [-0.2, 0) is 0 Å². The van der Waals surface area contributed by atoms with Gasteiger partial charge >= 0.3 is 0 Å². The number of anilines is 1. The van der Waals surface area contributed by atoms with Crippen LogP contribution in [0.1, 0.15) is 6.42 Å². The van der Waals surface area contributed by atoms with Gasteiger partial charge in [-0.3, -0.25) is 0 Å². The van der Waals surface area contributed by atoms with Gasteiger partial charge in [0.15, 0.2) is 0 Å². The van der Waals surface area contributed by atoms with E-state index in [-0.39, 0.29) is 0 Å². The summed E-state index contributed by atoms with van der Waals surface area (Å²) in [4.78, 5) is 11.1. The third-order valence-corrected chi connectivity index (χ3v) is 3.36. The number of aromatic nitrogens is 5. The molecule has 0 spiro atoms. The summed E-state index contributed by atoms with van der Waals surface area (Å²) < 4.78 is 1.61. The van der Waals surface area contributed by atoms with Crippen LogP contribution in [0.3, 0.4) is 0 Å². The molecule has 1 aliphatic heterocycles. The lowest BCUT2D eigenvalue weighted by Crippen LogP contribution is -2.38. The molecule has 0 bridgehead atoms. The third kappa shape index (κ3) is 1.64. The van der Waals surface area contributed by atoms with Gasteiger partial charge in [-0.05, 0) is 24.6 Å². The molecular weight excluding hydrogens is 240 g/mol. The molecule has 3 aromatic rings. The summed E-state index contributed by atoms with van der Waals surface area (Å²) in [6, 6.07) is 5.80. The van der Waals surface area contributed by atoms with Crippen LogP contribution in [0.5, 0.6) is 0 Å². The molecule has 0 aliphatic carbocycles. The molecule has 4 rings (SSSR count). The van der Waals surface area contributed by atoms with E-state index in [2.05, 4.69) is 25.1 Å². The van der Waals surface area contributed by atoms with E-state index in [1.54, 1.807) is 23.2 Å². The average Bonchev–Trinajstić information content (AvgIpc) is 2.81. The van der Waals surface area contributed by atoms with Crippen molar-refractivity contribution in [3.05, 3.63) is 36.8 Å². The molecule has 94 valence electrons. The van der Waals surface area contributed by atoms with Gasteiger partial charge in [0.1, 0.15) is 0 Å². The lowest BCUT2D eigenvalue weighted by Gasteiger charge is -2.30. The van der Waals surface area contributed by atoms with Gasteiger partial charge in [-0.15, -0.1) is 0 Å². The Morgan fingerprint density at radius 3 is 2.84 bits per heavy atom. The van der Waals surface area contributed by atoms with Gasteiger partial charge < -0.3 is 4.90 Å². The topological polar surface area (TPSA) is 59.2 Å². The predicted molar refractivity (Wildman–Crippen MR) is 70.8 cm³/mol. The smallest absolute Gasteiger partial charge is 0.225 e. The largest absolute Gasteiger partial charge is 0.341 e. The molecule has 1 fully saturated rings. The standard InChI is InChI=1S/C13H12N6/c1-3-12-10(9-16-19(12)15-5-1)11-4-6-14-13(17-11)18-7-2-8-18/h1,3-6,9H,2,7-8H2. The number of hydrogen-bond donors (Lipinski definition) is 0. The van der Waals surface area contributed by atoms with Crippen molar-refractivity contribution < 1.29 is 0 Å². The van der Waals surface area contributed by atoms with Crippen molar-refractivity contribution >= 4 is 11.5 Å². The second-order valence-corrected chi connectivity index (χ2v) is 4.54. The Morgan fingerprint density at radius 2 is 2.00 bits per heavy atom. The van der Waals surface area contributed by atoms with Gasteiger partial charge in [-0.2, -0.15) is 14.8 Å². The van der Waals surface area contributed by atoms with Crippen LogP contribution < -0.4 is 4.90 Å². The molecule has 0 aromatic carbocycles. The molecule has 6 heteroatoms. The lowest BCUT2D eigenvalue weighted by atomic mass is 10.2. The first-order valence-electron chi connectivity index (χ1n) is 6.29. The van der Waals surface area contributed by atoms with Crippen molar-refractivity contribution in [2.75, 3.05) is 18.0 Å². The number of fused-ring (bicyclic) bond motifs is 1. The van der Waals surface area contributed by atoms with Crippen LogP contribution in [0.25, 0.3) is 16.8 Å². The number of nitrogens with zero attached hydrogens (tertiary/aromatic N) is 6. The summed E-state index contributed by atoms with van der Waals surface area (Å²) in [7, 11) is 0. The van der Waals surface area contributed by atoms with Crippen LogP contribution in [0.2, 0.25) is 0 Å². The van der Waals surface area contributed by atoms with Crippen LogP contribution in [0, 0.1) is 0 Å². The molecule has 0 unspecified atom stereocenters. The Bertz CT molecular complexity index is 731. The average molecular weight is 252 g/mol. The van der Waals surface area contributed by atoms with Crippen molar-refractivity contribution in [2.45, 2.75) is 6.42 Å². The highest BCUT2D eigenvalue weighted by molar-refractivity contribution is 5.77. The monoisotopic (exact) mass is 252 g/mol. The van der Waals surface area contributed by atoms with E-state index < -0.39 is 0 Å². The highest BCUT2D eigenvalue weighted by Crippen LogP contribution is 2.24. The minimum atomic E-state index is 0.798. The van der Waals surface area contributed by atoms with Crippen molar-refractivity contribution in [2.24, 2.45) is 0 Å². The van der Waals surface area contributed by atoms with Gasteiger partial charge in [0, 0.05) is 31.0 Å². The zero-order valence-electron chi connectivity index (χ0n) is 10.3. The second kappa shape index (κ2) is 4.01. The minimum absolute atomic E-state index is 0.798. The molecule has 4 heterocycles. The van der Waals surface area contributed by atoms with E-state index in [1.807, 2.05) is 18.2 Å². The summed E-state index contributed by atoms with van der Waals surface area (Å²) in [6.07, 6.45) is 6.53. The fourth-order valence-electron chi connectivity index (χ4n) is 2.20. The zero-order chi connectivity index (χ0) is 12.7. The van der Waals surface area contributed by atoms with Crippen molar-refractivity contribution in [3.8, 4) is 11.3 Å². The molecule has 0 radical (unpaired) electrons. The molecular formula is C13H12N6. The maximum Gasteiger partial charge on any atom is 0.225 e. The Balaban J connectivity index is 1.83. The minimum Gasteiger partial charge on any atom is -0.341 e. The molecule has 1 saturated heterocycles. The summed E-state index contributed by atoms with van der Waals surface area (Å²) in [5.74, 6) is 0.798. The summed E-state index contributed by atoms with van der Waals surface area (Å²) in [5.41, 5.74) is 2.83. The quantitative estimate of drug-likeness (QED) is 0.690. The third-order valence-electron chi connectivity index (χ3n) is 3.36. The van der Waals surface area contributed by atoms with Gasteiger partial charge in [-0.1, -0.05) is 0 Å². The maximum atomic E-state index is 4.62.